The Bertz CT molecular complexity index is 616. The zero-order valence-electron chi connectivity index (χ0n) is 13.6. The van der Waals surface area contributed by atoms with Gasteiger partial charge in [-0.1, -0.05) is 11.6 Å². The maximum atomic E-state index is 12.7. The van der Waals surface area contributed by atoms with E-state index in [1.165, 1.54) is 0 Å². The molecule has 0 aromatic carbocycles. The lowest BCUT2D eigenvalue weighted by atomic mass is 9.62. The van der Waals surface area contributed by atoms with Crippen molar-refractivity contribution in [1.82, 2.24) is 10.2 Å². The fraction of sp³-hybridized carbons (Fsp3) is 0.765. The second-order valence-electron chi connectivity index (χ2n) is 7.73. The largest absolute Gasteiger partial charge is 0.376 e. The van der Waals surface area contributed by atoms with E-state index in [9.17, 15) is 14.7 Å². The van der Waals surface area contributed by atoms with Gasteiger partial charge < -0.3 is 20.1 Å². The van der Waals surface area contributed by atoms with Crippen molar-refractivity contribution in [3.8, 4) is 0 Å². The molecule has 2 aliphatic heterocycles. The number of rotatable bonds is 4. The van der Waals surface area contributed by atoms with Gasteiger partial charge in [0, 0.05) is 35.7 Å². The Morgan fingerprint density at radius 1 is 1.38 bits per heavy atom. The predicted molar refractivity (Wildman–Crippen MR) is 87.2 cm³/mol. The minimum absolute atomic E-state index is 0.0437. The molecule has 2 aliphatic carbocycles. The van der Waals surface area contributed by atoms with Gasteiger partial charge in [0.15, 0.2) is 5.60 Å². The number of halogens is 1. The fourth-order valence-corrected chi connectivity index (χ4v) is 4.68. The molecule has 1 saturated carbocycles. The Balaban J connectivity index is 1.39. The minimum Gasteiger partial charge on any atom is -0.376 e. The highest BCUT2D eigenvalue weighted by Crippen LogP contribution is 2.52. The number of nitrogens with one attached hydrogen (secondary N) is 1. The van der Waals surface area contributed by atoms with E-state index >= 15 is 0 Å². The molecule has 4 rings (SSSR count). The quantitative estimate of drug-likeness (QED) is 0.782. The lowest BCUT2D eigenvalue weighted by Crippen LogP contribution is -2.62. The molecule has 6 nitrogen and oxygen atoms in total. The zero-order chi connectivity index (χ0) is 16.9. The second-order valence-corrected chi connectivity index (χ2v) is 8.18. The number of aliphatic hydroxyl groups is 1. The summed E-state index contributed by atoms with van der Waals surface area (Å²) in [6.45, 7) is 2.05. The van der Waals surface area contributed by atoms with Crippen LogP contribution in [-0.4, -0.2) is 60.3 Å². The van der Waals surface area contributed by atoms with Crippen molar-refractivity contribution in [2.45, 2.75) is 37.7 Å². The van der Waals surface area contributed by atoms with E-state index in [1.54, 1.807) is 0 Å². The van der Waals surface area contributed by atoms with Gasteiger partial charge in [0.25, 0.3) is 11.8 Å². The predicted octanol–water partition coefficient (Wildman–Crippen LogP) is 0.779. The first kappa shape index (κ1) is 16.4. The van der Waals surface area contributed by atoms with Crippen molar-refractivity contribution >= 4 is 23.4 Å². The van der Waals surface area contributed by atoms with Crippen molar-refractivity contribution in [2.24, 2.45) is 11.3 Å². The summed E-state index contributed by atoms with van der Waals surface area (Å²) in [5.74, 6) is 0.138. The summed E-state index contributed by atoms with van der Waals surface area (Å²) in [5, 5.41) is 13.6. The first-order valence-electron chi connectivity index (χ1n) is 8.69. The molecule has 0 spiro atoms. The molecule has 132 valence electrons. The van der Waals surface area contributed by atoms with Crippen molar-refractivity contribution in [1.29, 1.82) is 0 Å². The lowest BCUT2D eigenvalue weighted by molar-refractivity contribution is -0.191. The SMILES string of the molecule is O=C(C1=C(Cl)CCC1)N1C[C@@H]2CC[C@]2(CNC(=O)C2(O)COC2)C1. The molecular formula is C17H23ClN2O4. The van der Waals surface area contributed by atoms with E-state index < -0.39 is 5.60 Å². The molecule has 2 amide bonds. The van der Waals surface area contributed by atoms with Crippen LogP contribution in [0.15, 0.2) is 10.6 Å². The Morgan fingerprint density at radius 3 is 2.71 bits per heavy atom. The van der Waals surface area contributed by atoms with Crippen molar-refractivity contribution in [3.63, 3.8) is 0 Å². The monoisotopic (exact) mass is 354 g/mol. The molecule has 2 heterocycles. The van der Waals surface area contributed by atoms with Crippen LogP contribution >= 0.6 is 11.6 Å². The number of fused-ring (bicyclic) bond motifs is 1. The molecule has 0 radical (unpaired) electrons. The van der Waals surface area contributed by atoms with Gasteiger partial charge in [0.1, 0.15) is 0 Å². The third-order valence-electron chi connectivity index (χ3n) is 6.20. The zero-order valence-corrected chi connectivity index (χ0v) is 14.4. The first-order chi connectivity index (χ1) is 11.4. The Labute approximate surface area is 146 Å². The number of hydrogen-bond donors (Lipinski definition) is 2. The lowest BCUT2D eigenvalue weighted by Gasteiger charge is -2.45. The van der Waals surface area contributed by atoms with Crippen LogP contribution in [0.4, 0.5) is 0 Å². The van der Waals surface area contributed by atoms with E-state index in [-0.39, 0.29) is 30.4 Å². The smallest absolute Gasteiger partial charge is 0.256 e. The third kappa shape index (κ3) is 2.47. The number of ether oxygens (including phenoxy) is 1. The van der Waals surface area contributed by atoms with Gasteiger partial charge in [-0.15, -0.1) is 0 Å². The van der Waals surface area contributed by atoms with Crippen LogP contribution in [0.25, 0.3) is 0 Å². The molecule has 24 heavy (non-hydrogen) atoms. The van der Waals surface area contributed by atoms with E-state index in [1.807, 2.05) is 4.90 Å². The average Bonchev–Trinajstić information content (AvgIpc) is 3.05. The molecule has 0 aromatic rings. The summed E-state index contributed by atoms with van der Waals surface area (Å²) in [7, 11) is 0. The normalized spacial score (nSPS) is 33.8. The van der Waals surface area contributed by atoms with Gasteiger partial charge in [-0.3, -0.25) is 9.59 Å². The summed E-state index contributed by atoms with van der Waals surface area (Å²) in [4.78, 5) is 26.7. The van der Waals surface area contributed by atoms with Gasteiger partial charge in [-0.2, -0.15) is 0 Å². The van der Waals surface area contributed by atoms with E-state index in [4.69, 9.17) is 16.3 Å². The number of allylic oxidation sites excluding steroid dienone is 1. The van der Waals surface area contributed by atoms with Crippen molar-refractivity contribution in [2.75, 3.05) is 32.8 Å². The fourth-order valence-electron chi connectivity index (χ4n) is 4.37. The van der Waals surface area contributed by atoms with Gasteiger partial charge in [-0.05, 0) is 38.0 Å². The van der Waals surface area contributed by atoms with Gasteiger partial charge in [0.05, 0.1) is 13.2 Å². The molecule has 7 heteroatoms. The van der Waals surface area contributed by atoms with E-state index in [0.717, 1.165) is 44.2 Å². The molecule has 4 aliphatic rings. The number of amides is 2. The second kappa shape index (κ2) is 5.71. The summed E-state index contributed by atoms with van der Waals surface area (Å²) >= 11 is 6.19. The number of carbonyl (C=O) groups is 2. The van der Waals surface area contributed by atoms with Crippen LogP contribution < -0.4 is 5.32 Å². The van der Waals surface area contributed by atoms with Gasteiger partial charge in [0.2, 0.25) is 0 Å². The highest BCUT2D eigenvalue weighted by atomic mass is 35.5. The first-order valence-corrected chi connectivity index (χ1v) is 9.07. The molecule has 2 N–H and O–H groups in total. The molecule has 2 atom stereocenters. The van der Waals surface area contributed by atoms with Crippen molar-refractivity contribution in [3.05, 3.63) is 10.6 Å². The van der Waals surface area contributed by atoms with Gasteiger partial charge >= 0.3 is 0 Å². The number of carbonyl (C=O) groups excluding carboxylic acids is 2. The average molecular weight is 355 g/mol. The molecule has 0 bridgehead atoms. The summed E-state index contributed by atoms with van der Waals surface area (Å²) in [5.41, 5.74) is -0.637. The number of likely N-dealkylation sites (tertiary alicyclic amines) is 1. The topological polar surface area (TPSA) is 78.9 Å². The van der Waals surface area contributed by atoms with Crippen LogP contribution in [0.2, 0.25) is 0 Å². The van der Waals surface area contributed by atoms with E-state index in [0.29, 0.717) is 24.0 Å². The Kier molecular flexibility index (Phi) is 3.90. The van der Waals surface area contributed by atoms with E-state index in [2.05, 4.69) is 5.32 Å². The number of hydrogen-bond acceptors (Lipinski definition) is 4. The molecular weight excluding hydrogens is 332 g/mol. The maximum absolute atomic E-state index is 12.7. The highest BCUT2D eigenvalue weighted by Gasteiger charge is 2.55. The maximum Gasteiger partial charge on any atom is 0.256 e. The molecule has 2 saturated heterocycles. The van der Waals surface area contributed by atoms with Crippen LogP contribution in [0, 0.1) is 11.3 Å². The third-order valence-corrected chi connectivity index (χ3v) is 6.62. The van der Waals surface area contributed by atoms with Gasteiger partial charge in [-0.25, -0.2) is 0 Å². The molecule has 3 fully saturated rings. The minimum atomic E-state index is -1.37. The number of nitrogens with zero attached hydrogens (tertiary/aromatic N) is 1. The summed E-state index contributed by atoms with van der Waals surface area (Å²) < 4.78 is 4.93. The summed E-state index contributed by atoms with van der Waals surface area (Å²) in [6.07, 6.45) is 4.62. The van der Waals surface area contributed by atoms with Crippen molar-refractivity contribution < 1.29 is 19.4 Å². The highest BCUT2D eigenvalue weighted by molar-refractivity contribution is 6.32. The van der Waals surface area contributed by atoms with Crippen LogP contribution in [-0.2, 0) is 14.3 Å². The summed E-state index contributed by atoms with van der Waals surface area (Å²) in [6, 6.07) is 0. The Hall–Kier alpha value is -1.11. The van der Waals surface area contributed by atoms with Crippen LogP contribution in [0.5, 0.6) is 0 Å². The Morgan fingerprint density at radius 2 is 2.17 bits per heavy atom. The molecule has 0 unspecified atom stereocenters. The molecule has 0 aromatic heterocycles. The van der Waals surface area contributed by atoms with Crippen LogP contribution in [0.1, 0.15) is 32.1 Å². The standard InChI is InChI=1S/C17H23ClN2O4/c18-13-3-1-2-12(13)14(21)20-6-11-4-5-16(11,8-20)7-19-15(22)17(23)9-24-10-17/h11,23H,1-10H2,(H,19,22)/t11-,16-/m0/s1. The van der Waals surface area contributed by atoms with Crippen LogP contribution in [0.3, 0.4) is 0 Å².